The third-order valence-corrected chi connectivity index (χ3v) is 5.51. The van der Waals surface area contributed by atoms with Crippen molar-refractivity contribution >= 4 is 34.3 Å². The molecule has 3 aromatic rings. The molecule has 2 heterocycles. The van der Waals surface area contributed by atoms with Crippen LogP contribution in [0.3, 0.4) is 0 Å². The lowest BCUT2D eigenvalue weighted by Gasteiger charge is -2.06. The second-order valence-corrected chi connectivity index (χ2v) is 7.18. The molecule has 3 rings (SSSR count). The standard InChI is InChI=1S/C17H16N2O2S2/c1-10-9-22-17(18-10)15-8-14(11(2)23-15)19-16(20)12-5-4-6-13(7-12)21-3/h4-9H,1-3H3,(H,19,20). The molecule has 2 aromatic heterocycles. The number of thiazole rings is 1. The first kappa shape index (κ1) is 15.7. The average molecular weight is 344 g/mol. The number of carbonyl (C=O) groups excluding carboxylic acids is 1. The van der Waals surface area contributed by atoms with Crippen molar-refractivity contribution < 1.29 is 9.53 Å². The maximum Gasteiger partial charge on any atom is 0.255 e. The Morgan fingerprint density at radius 1 is 1.26 bits per heavy atom. The van der Waals surface area contributed by atoms with Gasteiger partial charge in [0.2, 0.25) is 0 Å². The van der Waals surface area contributed by atoms with Gasteiger partial charge in [-0.2, -0.15) is 0 Å². The topological polar surface area (TPSA) is 51.2 Å². The third-order valence-electron chi connectivity index (χ3n) is 3.33. The highest BCUT2D eigenvalue weighted by Crippen LogP contribution is 2.36. The van der Waals surface area contributed by atoms with Crippen molar-refractivity contribution in [1.29, 1.82) is 0 Å². The van der Waals surface area contributed by atoms with Crippen LogP contribution in [0.5, 0.6) is 5.75 Å². The minimum Gasteiger partial charge on any atom is -0.497 e. The van der Waals surface area contributed by atoms with E-state index >= 15 is 0 Å². The summed E-state index contributed by atoms with van der Waals surface area (Å²) in [6.45, 7) is 3.97. The van der Waals surface area contributed by atoms with Crippen molar-refractivity contribution in [3.63, 3.8) is 0 Å². The van der Waals surface area contributed by atoms with Crippen LogP contribution in [0.25, 0.3) is 9.88 Å². The van der Waals surface area contributed by atoms with Crippen molar-refractivity contribution in [2.24, 2.45) is 0 Å². The van der Waals surface area contributed by atoms with Gasteiger partial charge in [-0.1, -0.05) is 6.07 Å². The predicted octanol–water partition coefficient (Wildman–Crippen LogP) is 4.75. The maximum atomic E-state index is 12.4. The summed E-state index contributed by atoms with van der Waals surface area (Å²) in [5.74, 6) is 0.519. The van der Waals surface area contributed by atoms with Gasteiger partial charge in [0.1, 0.15) is 10.8 Å². The Balaban J connectivity index is 1.82. The Morgan fingerprint density at radius 3 is 2.78 bits per heavy atom. The first-order chi connectivity index (χ1) is 11.1. The van der Waals surface area contributed by atoms with E-state index in [0.717, 1.165) is 26.1 Å². The SMILES string of the molecule is COc1cccc(C(=O)Nc2cc(-c3nc(C)cs3)sc2C)c1. The van der Waals surface area contributed by atoms with Crippen molar-refractivity contribution in [3.05, 3.63) is 51.8 Å². The summed E-state index contributed by atoms with van der Waals surface area (Å²) in [6, 6.07) is 9.09. The zero-order chi connectivity index (χ0) is 16.4. The van der Waals surface area contributed by atoms with Crippen molar-refractivity contribution in [2.45, 2.75) is 13.8 Å². The summed E-state index contributed by atoms with van der Waals surface area (Å²) >= 11 is 3.25. The molecule has 118 valence electrons. The second-order valence-electron chi connectivity index (χ2n) is 5.06. The third kappa shape index (κ3) is 3.43. The van der Waals surface area contributed by atoms with Gasteiger partial charge in [-0.15, -0.1) is 22.7 Å². The normalized spacial score (nSPS) is 10.6. The van der Waals surface area contributed by atoms with Crippen LogP contribution in [-0.2, 0) is 0 Å². The number of ether oxygens (including phenoxy) is 1. The molecule has 0 unspecified atom stereocenters. The van der Waals surface area contributed by atoms with Crippen LogP contribution in [0.2, 0.25) is 0 Å². The Morgan fingerprint density at radius 2 is 2.09 bits per heavy atom. The molecule has 1 N–H and O–H groups in total. The molecular weight excluding hydrogens is 328 g/mol. The number of thiophene rings is 1. The van der Waals surface area contributed by atoms with E-state index in [-0.39, 0.29) is 5.91 Å². The molecular formula is C17H16N2O2S2. The Kier molecular flexibility index (Phi) is 4.45. The summed E-state index contributed by atoms with van der Waals surface area (Å²) in [7, 11) is 1.59. The first-order valence-electron chi connectivity index (χ1n) is 7.05. The maximum absolute atomic E-state index is 12.4. The van der Waals surface area contributed by atoms with Crippen molar-refractivity contribution in [3.8, 4) is 15.6 Å². The molecule has 0 saturated carbocycles. The van der Waals surface area contributed by atoms with E-state index in [1.54, 1.807) is 48.0 Å². The van der Waals surface area contributed by atoms with Gasteiger partial charge in [0.05, 0.1) is 17.7 Å². The lowest BCUT2D eigenvalue weighted by molar-refractivity contribution is 0.102. The van der Waals surface area contributed by atoms with E-state index in [2.05, 4.69) is 10.3 Å². The molecule has 0 fully saturated rings. The Bertz CT molecular complexity index is 852. The zero-order valence-corrected chi connectivity index (χ0v) is 14.7. The number of rotatable bonds is 4. The molecule has 6 heteroatoms. The minimum absolute atomic E-state index is 0.147. The number of anilines is 1. The smallest absolute Gasteiger partial charge is 0.255 e. The summed E-state index contributed by atoms with van der Waals surface area (Å²) in [5, 5.41) is 5.98. The molecule has 1 aromatic carbocycles. The number of benzene rings is 1. The predicted molar refractivity (Wildman–Crippen MR) is 95.8 cm³/mol. The highest BCUT2D eigenvalue weighted by Gasteiger charge is 2.13. The lowest BCUT2D eigenvalue weighted by atomic mass is 10.2. The van der Waals surface area contributed by atoms with Crippen LogP contribution >= 0.6 is 22.7 Å². The van der Waals surface area contributed by atoms with Crippen LogP contribution in [0.4, 0.5) is 5.69 Å². The number of aryl methyl sites for hydroxylation is 2. The van der Waals surface area contributed by atoms with E-state index in [4.69, 9.17) is 4.74 Å². The van der Waals surface area contributed by atoms with E-state index in [0.29, 0.717) is 11.3 Å². The van der Waals surface area contributed by atoms with E-state index in [9.17, 15) is 4.79 Å². The summed E-state index contributed by atoms with van der Waals surface area (Å²) < 4.78 is 5.16. The number of hydrogen-bond donors (Lipinski definition) is 1. The fourth-order valence-corrected chi connectivity index (χ4v) is 3.97. The number of aromatic nitrogens is 1. The molecule has 0 atom stereocenters. The zero-order valence-electron chi connectivity index (χ0n) is 13.0. The minimum atomic E-state index is -0.147. The molecule has 0 aliphatic rings. The number of nitrogens with one attached hydrogen (secondary N) is 1. The first-order valence-corrected chi connectivity index (χ1v) is 8.75. The van der Waals surface area contributed by atoms with Gasteiger partial charge >= 0.3 is 0 Å². The number of methoxy groups -OCH3 is 1. The molecule has 0 aliphatic heterocycles. The molecule has 0 spiro atoms. The summed E-state index contributed by atoms with van der Waals surface area (Å²) in [4.78, 5) is 19.0. The van der Waals surface area contributed by atoms with Crippen LogP contribution in [-0.4, -0.2) is 18.0 Å². The van der Waals surface area contributed by atoms with Gasteiger partial charge in [0, 0.05) is 21.5 Å². The van der Waals surface area contributed by atoms with Crippen LogP contribution in [0.15, 0.2) is 35.7 Å². The summed E-state index contributed by atoms with van der Waals surface area (Å²) in [5.41, 5.74) is 2.41. The van der Waals surface area contributed by atoms with Crippen LogP contribution < -0.4 is 10.1 Å². The van der Waals surface area contributed by atoms with Gasteiger partial charge < -0.3 is 10.1 Å². The Labute approximate surface area is 142 Å². The second kappa shape index (κ2) is 6.52. The number of nitrogens with zero attached hydrogens (tertiary/aromatic N) is 1. The van der Waals surface area contributed by atoms with Crippen molar-refractivity contribution in [1.82, 2.24) is 4.98 Å². The number of hydrogen-bond acceptors (Lipinski definition) is 5. The van der Waals surface area contributed by atoms with E-state index < -0.39 is 0 Å². The van der Waals surface area contributed by atoms with E-state index in [1.165, 1.54) is 0 Å². The molecule has 0 saturated heterocycles. The number of carbonyl (C=O) groups is 1. The molecule has 0 bridgehead atoms. The number of amides is 1. The van der Waals surface area contributed by atoms with Gasteiger partial charge in [-0.3, -0.25) is 4.79 Å². The fourth-order valence-electron chi connectivity index (χ4n) is 2.14. The largest absolute Gasteiger partial charge is 0.497 e. The molecule has 0 radical (unpaired) electrons. The van der Waals surface area contributed by atoms with E-state index in [1.807, 2.05) is 31.4 Å². The van der Waals surface area contributed by atoms with Crippen molar-refractivity contribution in [2.75, 3.05) is 12.4 Å². The molecule has 1 amide bonds. The van der Waals surface area contributed by atoms with Gasteiger partial charge in [-0.25, -0.2) is 4.98 Å². The van der Waals surface area contributed by atoms with Gasteiger partial charge in [0.15, 0.2) is 0 Å². The fraction of sp³-hybridized carbons (Fsp3) is 0.176. The molecule has 4 nitrogen and oxygen atoms in total. The van der Waals surface area contributed by atoms with Gasteiger partial charge in [-0.05, 0) is 38.1 Å². The monoisotopic (exact) mass is 344 g/mol. The molecule has 0 aliphatic carbocycles. The lowest BCUT2D eigenvalue weighted by Crippen LogP contribution is -2.11. The average Bonchev–Trinajstić information content (AvgIpc) is 3.14. The van der Waals surface area contributed by atoms with Crippen LogP contribution in [0.1, 0.15) is 20.9 Å². The summed E-state index contributed by atoms with van der Waals surface area (Å²) in [6.07, 6.45) is 0. The highest BCUT2D eigenvalue weighted by atomic mass is 32.1. The molecule has 23 heavy (non-hydrogen) atoms. The highest BCUT2D eigenvalue weighted by molar-refractivity contribution is 7.21. The Hall–Kier alpha value is -2.18. The quantitative estimate of drug-likeness (QED) is 0.743. The van der Waals surface area contributed by atoms with Gasteiger partial charge in [0.25, 0.3) is 5.91 Å². The van der Waals surface area contributed by atoms with Crippen LogP contribution in [0, 0.1) is 13.8 Å².